The van der Waals surface area contributed by atoms with Crippen molar-refractivity contribution in [1.29, 1.82) is 0 Å². The molecule has 1 aliphatic rings. The lowest BCUT2D eigenvalue weighted by Crippen LogP contribution is -2.29. The van der Waals surface area contributed by atoms with Gasteiger partial charge in [-0.05, 0) is 76.5 Å². The summed E-state index contributed by atoms with van der Waals surface area (Å²) >= 11 is 0. The monoisotopic (exact) mass is 794 g/mol. The van der Waals surface area contributed by atoms with Gasteiger partial charge in [0, 0.05) is 25.2 Å². The summed E-state index contributed by atoms with van der Waals surface area (Å²) in [4.78, 5) is 43.0. The number of hydrogen-bond donors (Lipinski definition) is 5. The Morgan fingerprint density at radius 3 is 1.85 bits per heavy atom. The van der Waals surface area contributed by atoms with E-state index in [0.717, 1.165) is 44.9 Å². The standard InChI is InChI=1S/C43H71O11P/c1-3-5-7-8-9-10-11-12-13-14-15-16-17-18-19-20-26-30-43(48)54-37(35-53-55(49,50)51)34-52-42(47)29-25-22-21-24-28-38-39(41(46)33-40(38)45)32-31-36(44)27-23-6-4-2/h9-10,12-13,15-16,18-19,21,24,31-32,36-41,44-46H,3-8,11,14,17,20,22-23,25-30,33-35H2,1-2H3,(H2,49,50,51)/b10-9-,13-12-,16-15-,19-18-,24-21+,32-31+/t36-,37+,38+,39+,40-,41+/m0/s1. The summed E-state index contributed by atoms with van der Waals surface area (Å²) in [6.45, 7) is 3.29. The van der Waals surface area contributed by atoms with Gasteiger partial charge in [-0.15, -0.1) is 0 Å². The Bertz CT molecular complexity index is 1230. The van der Waals surface area contributed by atoms with Crippen LogP contribution in [0.2, 0.25) is 0 Å². The first-order chi connectivity index (χ1) is 26.5. The first-order valence-corrected chi connectivity index (χ1v) is 22.0. The third kappa shape index (κ3) is 28.4. The van der Waals surface area contributed by atoms with E-state index in [4.69, 9.17) is 19.3 Å². The number of aliphatic hydroxyl groups excluding tert-OH is 3. The fourth-order valence-corrected chi connectivity index (χ4v) is 6.48. The molecule has 314 valence electrons. The van der Waals surface area contributed by atoms with Crippen LogP contribution in [0.4, 0.5) is 0 Å². The van der Waals surface area contributed by atoms with Gasteiger partial charge in [0.15, 0.2) is 6.10 Å². The topological polar surface area (TPSA) is 180 Å². The first kappa shape index (κ1) is 50.4. The van der Waals surface area contributed by atoms with Crippen LogP contribution in [-0.2, 0) is 28.2 Å². The van der Waals surface area contributed by atoms with Crippen LogP contribution >= 0.6 is 7.82 Å². The summed E-state index contributed by atoms with van der Waals surface area (Å²) in [6.07, 6.45) is 35.8. The second-order valence-electron chi connectivity index (χ2n) is 14.2. The van der Waals surface area contributed by atoms with Crippen LogP contribution in [0, 0.1) is 11.8 Å². The van der Waals surface area contributed by atoms with Crippen molar-refractivity contribution in [3.63, 3.8) is 0 Å². The van der Waals surface area contributed by atoms with Gasteiger partial charge in [0.2, 0.25) is 0 Å². The highest BCUT2D eigenvalue weighted by Gasteiger charge is 2.39. The Morgan fingerprint density at radius 2 is 1.25 bits per heavy atom. The van der Waals surface area contributed by atoms with Crippen LogP contribution in [0.3, 0.4) is 0 Å². The Balaban J connectivity index is 2.35. The largest absolute Gasteiger partial charge is 0.469 e. The van der Waals surface area contributed by atoms with Gasteiger partial charge in [-0.25, -0.2) is 4.57 Å². The van der Waals surface area contributed by atoms with Crippen LogP contribution in [-0.4, -0.2) is 74.7 Å². The van der Waals surface area contributed by atoms with Gasteiger partial charge >= 0.3 is 19.8 Å². The normalized spacial score (nSPS) is 20.6. The molecule has 0 aromatic heterocycles. The summed E-state index contributed by atoms with van der Waals surface area (Å²) in [5.41, 5.74) is 0. The molecular weight excluding hydrogens is 723 g/mol. The fraction of sp³-hybridized carbons (Fsp3) is 0.674. The van der Waals surface area contributed by atoms with Gasteiger partial charge in [-0.3, -0.25) is 14.1 Å². The second-order valence-corrected chi connectivity index (χ2v) is 15.5. The Labute approximate surface area is 330 Å². The number of rotatable bonds is 32. The SMILES string of the molecule is CCCCC/C=C\C/C=C\C/C=C\C/C=C\CCCC(=O)O[C@H](COC(=O)CCC/C=C/C[C@@H]1[C@@H](/C=C/[C@@H](O)CCCCC)[C@H](O)C[C@@H]1O)COP(=O)(O)O. The molecule has 6 atom stereocenters. The molecule has 0 radical (unpaired) electrons. The molecule has 1 saturated carbocycles. The minimum Gasteiger partial charge on any atom is -0.462 e. The highest BCUT2D eigenvalue weighted by molar-refractivity contribution is 7.46. The van der Waals surface area contributed by atoms with E-state index in [1.165, 1.54) is 19.3 Å². The lowest BCUT2D eigenvalue weighted by atomic mass is 9.89. The molecule has 11 nitrogen and oxygen atoms in total. The summed E-state index contributed by atoms with van der Waals surface area (Å²) in [6, 6.07) is 0. The minimum absolute atomic E-state index is 0.0749. The molecule has 0 heterocycles. The van der Waals surface area contributed by atoms with Crippen molar-refractivity contribution in [2.45, 2.75) is 160 Å². The van der Waals surface area contributed by atoms with Crippen LogP contribution in [0.5, 0.6) is 0 Å². The van der Waals surface area contributed by atoms with Crippen LogP contribution in [0.15, 0.2) is 72.9 Å². The molecule has 0 saturated heterocycles. The molecule has 12 heteroatoms. The van der Waals surface area contributed by atoms with Crippen molar-refractivity contribution in [2.75, 3.05) is 13.2 Å². The predicted octanol–water partition coefficient (Wildman–Crippen LogP) is 8.67. The summed E-state index contributed by atoms with van der Waals surface area (Å²) < 4.78 is 26.3. The zero-order chi connectivity index (χ0) is 40.6. The predicted molar refractivity (Wildman–Crippen MR) is 218 cm³/mol. The molecule has 1 fully saturated rings. The molecule has 0 aromatic rings. The number of esters is 2. The summed E-state index contributed by atoms with van der Waals surface area (Å²) in [7, 11) is -4.83. The fourth-order valence-electron chi connectivity index (χ4n) is 6.12. The third-order valence-corrected chi connectivity index (χ3v) is 9.75. The molecule has 0 aliphatic heterocycles. The number of ether oxygens (including phenoxy) is 2. The zero-order valence-electron chi connectivity index (χ0n) is 33.4. The van der Waals surface area contributed by atoms with Gasteiger partial charge in [-0.1, -0.05) is 119 Å². The van der Waals surface area contributed by atoms with E-state index in [1.54, 1.807) is 6.08 Å². The van der Waals surface area contributed by atoms with E-state index in [-0.39, 0.29) is 31.1 Å². The van der Waals surface area contributed by atoms with Gasteiger partial charge in [-0.2, -0.15) is 0 Å². The van der Waals surface area contributed by atoms with Crippen molar-refractivity contribution < 1.29 is 53.3 Å². The molecule has 55 heavy (non-hydrogen) atoms. The summed E-state index contributed by atoms with van der Waals surface area (Å²) in [5.74, 6) is -1.57. The number of aliphatic hydroxyl groups is 3. The average molecular weight is 795 g/mol. The number of carbonyl (C=O) groups excluding carboxylic acids is 2. The quantitative estimate of drug-likeness (QED) is 0.0190. The van der Waals surface area contributed by atoms with Gasteiger partial charge in [0.25, 0.3) is 0 Å². The molecule has 5 N–H and O–H groups in total. The maximum Gasteiger partial charge on any atom is 0.469 e. The molecule has 0 spiro atoms. The molecule has 0 amide bonds. The smallest absolute Gasteiger partial charge is 0.462 e. The lowest BCUT2D eigenvalue weighted by Gasteiger charge is -2.19. The van der Waals surface area contributed by atoms with E-state index < -0.39 is 57.4 Å². The van der Waals surface area contributed by atoms with Gasteiger partial charge in [0.05, 0.1) is 24.9 Å². The van der Waals surface area contributed by atoms with Crippen LogP contribution in [0.25, 0.3) is 0 Å². The van der Waals surface area contributed by atoms with E-state index in [0.29, 0.717) is 38.5 Å². The molecule has 1 aliphatic carbocycles. The van der Waals surface area contributed by atoms with Crippen molar-refractivity contribution in [2.24, 2.45) is 11.8 Å². The highest BCUT2D eigenvalue weighted by Crippen LogP contribution is 2.37. The Morgan fingerprint density at radius 1 is 0.709 bits per heavy atom. The number of allylic oxidation sites excluding steroid dienone is 10. The van der Waals surface area contributed by atoms with Gasteiger partial charge < -0.3 is 34.6 Å². The number of unbranched alkanes of at least 4 members (excludes halogenated alkanes) is 7. The number of carbonyl (C=O) groups is 2. The van der Waals surface area contributed by atoms with Crippen molar-refractivity contribution in [3.8, 4) is 0 Å². The van der Waals surface area contributed by atoms with E-state index in [9.17, 15) is 29.5 Å². The van der Waals surface area contributed by atoms with E-state index in [2.05, 4.69) is 54.8 Å². The average Bonchev–Trinajstić information content (AvgIpc) is 3.41. The Kier molecular flexibility index (Phi) is 29.7. The molecule has 1 rings (SSSR count). The molecule has 0 unspecified atom stereocenters. The zero-order valence-corrected chi connectivity index (χ0v) is 34.3. The lowest BCUT2D eigenvalue weighted by molar-refractivity contribution is -0.161. The van der Waals surface area contributed by atoms with E-state index in [1.807, 2.05) is 30.4 Å². The van der Waals surface area contributed by atoms with E-state index >= 15 is 0 Å². The first-order valence-electron chi connectivity index (χ1n) is 20.5. The highest BCUT2D eigenvalue weighted by atomic mass is 31.2. The van der Waals surface area contributed by atoms with Crippen LogP contribution < -0.4 is 0 Å². The number of phosphoric ester groups is 1. The summed E-state index contributed by atoms with van der Waals surface area (Å²) in [5, 5.41) is 31.2. The molecule has 0 bridgehead atoms. The number of hydrogen-bond acceptors (Lipinski definition) is 9. The Hall–Kier alpha value is -2.63. The van der Waals surface area contributed by atoms with Gasteiger partial charge in [0.1, 0.15) is 6.61 Å². The second kappa shape index (κ2) is 32.5. The third-order valence-electron chi connectivity index (χ3n) is 9.27. The maximum absolute atomic E-state index is 12.4. The minimum atomic E-state index is -4.83. The van der Waals surface area contributed by atoms with Crippen LogP contribution in [0.1, 0.15) is 136 Å². The van der Waals surface area contributed by atoms with Crippen molar-refractivity contribution >= 4 is 19.8 Å². The van der Waals surface area contributed by atoms with Crippen molar-refractivity contribution in [3.05, 3.63) is 72.9 Å². The maximum atomic E-state index is 12.4. The molecular formula is C43H71O11P. The molecule has 0 aromatic carbocycles. The number of phosphoric acid groups is 1. The van der Waals surface area contributed by atoms with Crippen molar-refractivity contribution in [1.82, 2.24) is 0 Å².